The first-order chi connectivity index (χ1) is 9.54. The van der Waals surface area contributed by atoms with Crippen molar-refractivity contribution in [2.45, 2.75) is 32.2 Å². The van der Waals surface area contributed by atoms with Gasteiger partial charge in [0.05, 0.1) is 0 Å². The number of carbonyl (C=O) groups excluding carboxylic acids is 1. The van der Waals surface area contributed by atoms with Gasteiger partial charge in [-0.1, -0.05) is 16.8 Å². The molecule has 0 amide bonds. The van der Waals surface area contributed by atoms with Gasteiger partial charge in [0.2, 0.25) is 11.8 Å². The van der Waals surface area contributed by atoms with Gasteiger partial charge in [0.1, 0.15) is 5.71 Å². The fourth-order valence-electron chi connectivity index (χ4n) is 2.32. The van der Waals surface area contributed by atoms with Crippen molar-refractivity contribution in [1.29, 1.82) is 0 Å². The smallest absolute Gasteiger partial charge is 0.252 e. The lowest BCUT2D eigenvalue weighted by Crippen LogP contribution is -2.33. The third kappa shape index (κ3) is 2.82. The predicted octanol–water partition coefficient (Wildman–Crippen LogP) is 2.88. The van der Waals surface area contributed by atoms with Crippen LogP contribution in [0.4, 0.5) is 0 Å². The monoisotopic (exact) mass is 294 g/mol. The van der Waals surface area contributed by atoms with Gasteiger partial charge >= 0.3 is 0 Å². The van der Waals surface area contributed by atoms with E-state index in [1.54, 1.807) is 24.3 Å². The second kappa shape index (κ2) is 6.05. The topological polar surface area (TPSA) is 75.7 Å². The molecular weight excluding hydrogens is 280 g/mol. The lowest BCUT2D eigenvalue weighted by Gasteiger charge is -2.14. The van der Waals surface area contributed by atoms with Crippen molar-refractivity contribution >= 4 is 28.8 Å². The summed E-state index contributed by atoms with van der Waals surface area (Å²) in [7, 11) is 0. The van der Waals surface area contributed by atoms with E-state index in [4.69, 9.17) is 16.8 Å². The average molecular weight is 295 g/mol. The van der Waals surface area contributed by atoms with E-state index < -0.39 is 6.04 Å². The molecule has 0 aromatic heterocycles. The number of halogens is 1. The molecule has 1 aliphatic carbocycles. The standard InChI is InChI=1S/C14H15ClN2O3/c1-9(14(18)10-5-7-11(15)8-6-10)17(20)13-4-2-3-12(13)16-19/h5-8,13,19H,2-4H2,1H3/b16-12-,17-9-/t13-/m0/s1. The highest BCUT2D eigenvalue weighted by molar-refractivity contribution is 6.43. The van der Waals surface area contributed by atoms with Crippen molar-refractivity contribution in [3.8, 4) is 0 Å². The Hall–Kier alpha value is -1.88. The summed E-state index contributed by atoms with van der Waals surface area (Å²) in [5, 5.41) is 24.8. The van der Waals surface area contributed by atoms with Crippen LogP contribution in [0.3, 0.4) is 0 Å². The number of carbonyl (C=O) groups is 1. The van der Waals surface area contributed by atoms with Crippen LogP contribution in [-0.4, -0.2) is 33.2 Å². The second-order valence-electron chi connectivity index (χ2n) is 4.75. The van der Waals surface area contributed by atoms with E-state index in [1.165, 1.54) is 6.92 Å². The van der Waals surface area contributed by atoms with E-state index in [-0.39, 0.29) is 11.5 Å². The van der Waals surface area contributed by atoms with Gasteiger partial charge < -0.3 is 10.4 Å². The molecule has 106 valence electrons. The van der Waals surface area contributed by atoms with Crippen LogP contribution in [0.1, 0.15) is 36.5 Å². The van der Waals surface area contributed by atoms with Crippen molar-refractivity contribution in [2.75, 3.05) is 0 Å². The number of hydrogen-bond acceptors (Lipinski definition) is 4. The van der Waals surface area contributed by atoms with Crippen molar-refractivity contribution in [3.63, 3.8) is 0 Å². The van der Waals surface area contributed by atoms with Gasteiger partial charge in [-0.05, 0) is 37.1 Å². The number of ketones is 1. The molecule has 0 radical (unpaired) electrons. The minimum absolute atomic E-state index is 0.0837. The zero-order valence-corrected chi connectivity index (χ0v) is 11.8. The van der Waals surface area contributed by atoms with Crippen LogP contribution in [0.5, 0.6) is 0 Å². The molecular formula is C14H15ClN2O3. The zero-order valence-electron chi connectivity index (χ0n) is 11.0. The number of benzene rings is 1. The summed E-state index contributed by atoms with van der Waals surface area (Å²) >= 11 is 5.77. The van der Waals surface area contributed by atoms with Crippen LogP contribution in [-0.2, 0) is 0 Å². The highest BCUT2D eigenvalue weighted by Crippen LogP contribution is 2.19. The minimum atomic E-state index is -0.545. The summed E-state index contributed by atoms with van der Waals surface area (Å²) in [6.45, 7) is 1.48. The summed E-state index contributed by atoms with van der Waals surface area (Å²) in [6, 6.07) is 5.83. The summed E-state index contributed by atoms with van der Waals surface area (Å²) in [5.41, 5.74) is 0.928. The normalized spacial score (nSPS) is 21.9. The van der Waals surface area contributed by atoms with Crippen LogP contribution >= 0.6 is 11.6 Å². The molecule has 0 saturated heterocycles. The molecule has 2 rings (SSSR count). The molecule has 6 heteroatoms. The molecule has 0 aliphatic heterocycles. The average Bonchev–Trinajstić information content (AvgIpc) is 2.94. The molecule has 1 N–H and O–H groups in total. The molecule has 1 aromatic rings. The zero-order chi connectivity index (χ0) is 14.7. The summed E-state index contributed by atoms with van der Waals surface area (Å²) in [5.74, 6) is -0.346. The van der Waals surface area contributed by atoms with Crippen LogP contribution in [0.15, 0.2) is 29.4 Å². The number of Topliss-reactive ketones (excluding diaryl/α,β-unsaturated/α-hetero) is 1. The fraction of sp³-hybridized carbons (Fsp3) is 0.357. The molecule has 5 nitrogen and oxygen atoms in total. The molecule has 20 heavy (non-hydrogen) atoms. The van der Waals surface area contributed by atoms with Gasteiger partial charge in [0.25, 0.3) is 5.78 Å². The Morgan fingerprint density at radius 1 is 1.45 bits per heavy atom. The molecule has 1 aromatic carbocycles. The largest absolute Gasteiger partial charge is 0.623 e. The maximum atomic E-state index is 12.2. The van der Waals surface area contributed by atoms with Crippen molar-refractivity contribution in [1.82, 2.24) is 0 Å². The number of hydroxylamine groups is 1. The van der Waals surface area contributed by atoms with E-state index in [0.29, 0.717) is 33.9 Å². The first-order valence-electron chi connectivity index (χ1n) is 6.35. The number of oxime groups is 1. The van der Waals surface area contributed by atoms with Gasteiger partial charge in [-0.15, -0.1) is 0 Å². The summed E-state index contributed by atoms with van der Waals surface area (Å²) in [6.07, 6.45) is 1.96. The van der Waals surface area contributed by atoms with Crippen LogP contribution in [0.25, 0.3) is 0 Å². The van der Waals surface area contributed by atoms with Gasteiger partial charge in [0, 0.05) is 23.9 Å². The summed E-state index contributed by atoms with van der Waals surface area (Å²) in [4.78, 5) is 12.2. The Bertz CT molecular complexity index is 579. The SMILES string of the molecule is C/C(C(=O)c1ccc(Cl)cc1)=[N+](/[O-])[C@H]1CCC/C1=N/O. The van der Waals surface area contributed by atoms with Gasteiger partial charge in [-0.3, -0.25) is 4.79 Å². The third-order valence-corrected chi connectivity index (χ3v) is 3.72. The quantitative estimate of drug-likeness (QED) is 0.233. The van der Waals surface area contributed by atoms with Crippen LogP contribution in [0, 0.1) is 5.21 Å². The predicted molar refractivity (Wildman–Crippen MR) is 77.0 cm³/mol. The van der Waals surface area contributed by atoms with Crippen molar-refractivity contribution < 1.29 is 14.7 Å². The first kappa shape index (κ1) is 14.5. The number of rotatable bonds is 3. The lowest BCUT2D eigenvalue weighted by atomic mass is 10.1. The van der Waals surface area contributed by atoms with Crippen molar-refractivity contribution in [3.05, 3.63) is 40.1 Å². The van der Waals surface area contributed by atoms with Crippen molar-refractivity contribution in [2.24, 2.45) is 5.16 Å². The minimum Gasteiger partial charge on any atom is -0.623 e. The van der Waals surface area contributed by atoms with E-state index in [2.05, 4.69) is 5.16 Å². The highest BCUT2D eigenvalue weighted by Gasteiger charge is 2.32. The maximum Gasteiger partial charge on any atom is 0.252 e. The number of hydrogen-bond donors (Lipinski definition) is 1. The second-order valence-corrected chi connectivity index (χ2v) is 5.18. The Morgan fingerprint density at radius 3 is 2.70 bits per heavy atom. The third-order valence-electron chi connectivity index (χ3n) is 3.47. The number of nitrogens with zero attached hydrogens (tertiary/aromatic N) is 2. The van der Waals surface area contributed by atoms with E-state index in [0.717, 1.165) is 6.42 Å². The maximum absolute atomic E-state index is 12.2. The Morgan fingerprint density at radius 2 is 2.10 bits per heavy atom. The lowest BCUT2D eigenvalue weighted by molar-refractivity contribution is -0.479. The molecule has 0 heterocycles. The van der Waals surface area contributed by atoms with Gasteiger partial charge in [-0.2, -0.15) is 4.74 Å². The molecule has 1 fully saturated rings. The van der Waals surface area contributed by atoms with Gasteiger partial charge in [-0.25, -0.2) is 0 Å². The molecule has 1 aliphatic rings. The molecule has 1 atom stereocenters. The fourth-order valence-corrected chi connectivity index (χ4v) is 2.45. The Balaban J connectivity index is 2.28. The first-order valence-corrected chi connectivity index (χ1v) is 6.73. The van der Waals surface area contributed by atoms with Crippen LogP contribution in [0.2, 0.25) is 5.02 Å². The van der Waals surface area contributed by atoms with Crippen LogP contribution < -0.4 is 0 Å². The Kier molecular flexibility index (Phi) is 4.39. The Labute approximate surface area is 121 Å². The molecule has 0 spiro atoms. The van der Waals surface area contributed by atoms with Gasteiger partial charge in [0.15, 0.2) is 0 Å². The molecule has 1 saturated carbocycles. The van der Waals surface area contributed by atoms with E-state index in [9.17, 15) is 10.0 Å². The van der Waals surface area contributed by atoms with E-state index >= 15 is 0 Å². The van der Waals surface area contributed by atoms with E-state index in [1.807, 2.05) is 0 Å². The highest BCUT2D eigenvalue weighted by atomic mass is 35.5. The summed E-state index contributed by atoms with van der Waals surface area (Å²) < 4.78 is 0.652. The molecule has 0 unspecified atom stereocenters. The molecule has 0 bridgehead atoms.